The van der Waals surface area contributed by atoms with Crippen molar-refractivity contribution in [1.82, 2.24) is 0 Å². The molecule has 1 aromatic rings. The number of carbonyl (C=O) groups is 1. The first-order valence-electron chi connectivity index (χ1n) is 4.67. The number of hydrogen-bond donors (Lipinski definition) is 2. The number of sulfone groups is 1. The smallest absolute Gasteiger partial charge is 0.335 e. The van der Waals surface area contributed by atoms with Crippen molar-refractivity contribution in [2.24, 2.45) is 5.73 Å². The van der Waals surface area contributed by atoms with Gasteiger partial charge in [0.1, 0.15) is 0 Å². The summed E-state index contributed by atoms with van der Waals surface area (Å²) in [5.41, 5.74) is 5.88. The molecule has 3 N–H and O–H groups in total. The lowest BCUT2D eigenvalue weighted by molar-refractivity contribution is 0.0697. The zero-order valence-corrected chi connectivity index (χ0v) is 9.40. The largest absolute Gasteiger partial charge is 0.478 e. The normalized spacial score (nSPS) is 11.3. The fourth-order valence-corrected chi connectivity index (χ4v) is 2.45. The zero-order chi connectivity index (χ0) is 12.2. The predicted molar refractivity (Wildman–Crippen MR) is 59.9 cm³/mol. The van der Waals surface area contributed by atoms with E-state index in [9.17, 15) is 13.2 Å². The standard InChI is InChI=1S/C10H13NO4S/c11-5-6-16(14,15)7-8-1-3-9(4-2-8)10(12)13/h1-4H,5-7,11H2,(H,12,13). The topological polar surface area (TPSA) is 97.5 Å². The summed E-state index contributed by atoms with van der Waals surface area (Å²) in [6.45, 7) is 0.0928. The molecule has 0 heterocycles. The first-order chi connectivity index (χ1) is 7.44. The molecule has 0 fully saturated rings. The molecule has 0 unspecified atom stereocenters. The van der Waals surface area contributed by atoms with Gasteiger partial charge in [-0.2, -0.15) is 0 Å². The average molecular weight is 243 g/mol. The van der Waals surface area contributed by atoms with Crippen LogP contribution in [0.5, 0.6) is 0 Å². The van der Waals surface area contributed by atoms with E-state index in [-0.39, 0.29) is 23.6 Å². The number of hydrogen-bond acceptors (Lipinski definition) is 4. The third-order valence-corrected chi connectivity index (χ3v) is 3.65. The summed E-state index contributed by atoms with van der Waals surface area (Å²) in [5, 5.41) is 8.66. The first-order valence-corrected chi connectivity index (χ1v) is 6.49. The van der Waals surface area contributed by atoms with Gasteiger partial charge in [-0.05, 0) is 17.7 Å². The monoisotopic (exact) mass is 243 g/mol. The minimum absolute atomic E-state index is 0.0618. The van der Waals surface area contributed by atoms with Gasteiger partial charge in [-0.15, -0.1) is 0 Å². The van der Waals surface area contributed by atoms with Gasteiger partial charge in [-0.1, -0.05) is 12.1 Å². The minimum Gasteiger partial charge on any atom is -0.478 e. The molecular weight excluding hydrogens is 230 g/mol. The Bertz CT molecular complexity index is 464. The van der Waals surface area contributed by atoms with E-state index in [0.29, 0.717) is 5.56 Å². The molecule has 0 atom stereocenters. The lowest BCUT2D eigenvalue weighted by atomic mass is 10.1. The molecule has 0 bridgehead atoms. The second kappa shape index (κ2) is 5.09. The third kappa shape index (κ3) is 3.63. The van der Waals surface area contributed by atoms with Gasteiger partial charge in [-0.25, -0.2) is 13.2 Å². The van der Waals surface area contributed by atoms with Crippen LogP contribution in [0.3, 0.4) is 0 Å². The SMILES string of the molecule is NCCS(=O)(=O)Cc1ccc(C(=O)O)cc1. The van der Waals surface area contributed by atoms with Crippen LogP contribution >= 0.6 is 0 Å². The highest BCUT2D eigenvalue weighted by atomic mass is 32.2. The van der Waals surface area contributed by atoms with Gasteiger partial charge >= 0.3 is 5.97 Å². The molecule has 0 aliphatic carbocycles. The summed E-state index contributed by atoms with van der Waals surface area (Å²) in [4.78, 5) is 10.6. The van der Waals surface area contributed by atoms with Crippen molar-refractivity contribution in [3.05, 3.63) is 35.4 Å². The van der Waals surface area contributed by atoms with Gasteiger partial charge in [0.2, 0.25) is 0 Å². The second-order valence-electron chi connectivity index (χ2n) is 3.38. The number of nitrogens with two attached hydrogens (primary N) is 1. The number of benzene rings is 1. The van der Waals surface area contributed by atoms with Gasteiger partial charge < -0.3 is 10.8 Å². The highest BCUT2D eigenvalue weighted by molar-refractivity contribution is 7.90. The van der Waals surface area contributed by atoms with Crippen molar-refractivity contribution < 1.29 is 18.3 Å². The van der Waals surface area contributed by atoms with E-state index < -0.39 is 15.8 Å². The molecule has 88 valence electrons. The quantitative estimate of drug-likeness (QED) is 0.773. The molecule has 0 saturated carbocycles. The highest BCUT2D eigenvalue weighted by Crippen LogP contribution is 2.08. The molecular formula is C10H13NO4S. The summed E-state index contributed by atoms with van der Waals surface area (Å²) in [6, 6.07) is 5.76. The van der Waals surface area contributed by atoms with E-state index >= 15 is 0 Å². The molecule has 1 rings (SSSR count). The Labute approximate surface area is 93.8 Å². The van der Waals surface area contributed by atoms with E-state index in [1.54, 1.807) is 0 Å². The predicted octanol–water partition coefficient (Wildman–Crippen LogP) is 0.258. The molecule has 6 heteroatoms. The van der Waals surface area contributed by atoms with E-state index in [2.05, 4.69) is 0 Å². The molecule has 16 heavy (non-hydrogen) atoms. The maximum atomic E-state index is 11.4. The van der Waals surface area contributed by atoms with E-state index in [4.69, 9.17) is 10.8 Å². The lowest BCUT2D eigenvalue weighted by Crippen LogP contribution is -2.17. The molecule has 1 aromatic carbocycles. The summed E-state index contributed by atoms with van der Waals surface area (Å²) >= 11 is 0. The Kier molecular flexibility index (Phi) is 4.03. The van der Waals surface area contributed by atoms with Crippen LogP contribution < -0.4 is 5.73 Å². The second-order valence-corrected chi connectivity index (χ2v) is 5.57. The van der Waals surface area contributed by atoms with Crippen LogP contribution in [0.1, 0.15) is 15.9 Å². The van der Waals surface area contributed by atoms with E-state index in [0.717, 1.165) is 0 Å². The maximum Gasteiger partial charge on any atom is 0.335 e. The van der Waals surface area contributed by atoms with Crippen LogP contribution in [0.2, 0.25) is 0 Å². The fourth-order valence-electron chi connectivity index (χ4n) is 1.25. The van der Waals surface area contributed by atoms with Crippen LogP contribution in [0.25, 0.3) is 0 Å². The number of carboxylic acid groups (broad SMARTS) is 1. The molecule has 0 aliphatic heterocycles. The van der Waals surface area contributed by atoms with Crippen molar-refractivity contribution >= 4 is 15.8 Å². The molecule has 0 aliphatic rings. The molecule has 0 aromatic heterocycles. The van der Waals surface area contributed by atoms with Crippen molar-refractivity contribution in [1.29, 1.82) is 0 Å². The molecule has 0 amide bonds. The highest BCUT2D eigenvalue weighted by Gasteiger charge is 2.11. The Balaban J connectivity index is 2.80. The fraction of sp³-hybridized carbons (Fsp3) is 0.300. The molecule has 5 nitrogen and oxygen atoms in total. The van der Waals surface area contributed by atoms with Gasteiger partial charge in [0.05, 0.1) is 17.1 Å². The van der Waals surface area contributed by atoms with Crippen molar-refractivity contribution in [2.45, 2.75) is 5.75 Å². The molecule has 0 spiro atoms. The lowest BCUT2D eigenvalue weighted by Gasteiger charge is -2.03. The minimum atomic E-state index is -3.19. The maximum absolute atomic E-state index is 11.4. The van der Waals surface area contributed by atoms with E-state index in [1.165, 1.54) is 24.3 Å². The number of aromatic carboxylic acids is 1. The van der Waals surface area contributed by atoms with Crippen LogP contribution in [-0.2, 0) is 15.6 Å². The van der Waals surface area contributed by atoms with Gasteiger partial charge in [-0.3, -0.25) is 0 Å². The van der Waals surface area contributed by atoms with Crippen LogP contribution in [-0.4, -0.2) is 31.8 Å². The van der Waals surface area contributed by atoms with Crippen molar-refractivity contribution in [3.63, 3.8) is 0 Å². The zero-order valence-electron chi connectivity index (χ0n) is 8.59. The average Bonchev–Trinajstić information content (AvgIpc) is 2.17. The van der Waals surface area contributed by atoms with Crippen molar-refractivity contribution in [3.8, 4) is 0 Å². The van der Waals surface area contributed by atoms with Gasteiger partial charge in [0.15, 0.2) is 9.84 Å². The van der Waals surface area contributed by atoms with E-state index in [1.807, 2.05) is 0 Å². The number of carboxylic acids is 1. The Hall–Kier alpha value is -1.40. The van der Waals surface area contributed by atoms with Crippen LogP contribution in [0.15, 0.2) is 24.3 Å². The van der Waals surface area contributed by atoms with Crippen LogP contribution in [0.4, 0.5) is 0 Å². The molecule has 0 saturated heterocycles. The van der Waals surface area contributed by atoms with Crippen LogP contribution in [0, 0.1) is 0 Å². The first kappa shape index (κ1) is 12.7. The molecule has 0 radical (unpaired) electrons. The Morgan fingerprint density at radius 1 is 1.25 bits per heavy atom. The Morgan fingerprint density at radius 3 is 2.25 bits per heavy atom. The summed E-state index contributed by atoms with van der Waals surface area (Å²) < 4.78 is 22.8. The summed E-state index contributed by atoms with van der Waals surface area (Å²) in [7, 11) is -3.19. The summed E-state index contributed by atoms with van der Waals surface area (Å²) in [5.74, 6) is -1.20. The van der Waals surface area contributed by atoms with Gasteiger partial charge in [0.25, 0.3) is 0 Å². The van der Waals surface area contributed by atoms with Crippen molar-refractivity contribution in [2.75, 3.05) is 12.3 Å². The Morgan fingerprint density at radius 2 is 1.81 bits per heavy atom. The summed E-state index contributed by atoms with van der Waals surface area (Å²) in [6.07, 6.45) is 0. The number of rotatable bonds is 5. The van der Waals surface area contributed by atoms with Gasteiger partial charge in [0, 0.05) is 6.54 Å². The third-order valence-electron chi connectivity index (χ3n) is 2.02.